The Morgan fingerprint density at radius 2 is 1.79 bits per heavy atom. The molecule has 1 aromatic carbocycles. The molecule has 0 radical (unpaired) electrons. The summed E-state index contributed by atoms with van der Waals surface area (Å²) in [6.45, 7) is 10.7. The van der Waals surface area contributed by atoms with E-state index in [-0.39, 0.29) is 30.6 Å². The lowest BCUT2D eigenvalue weighted by atomic mass is 10.00. The van der Waals surface area contributed by atoms with E-state index in [1.54, 1.807) is 0 Å². The number of amides is 2. The van der Waals surface area contributed by atoms with E-state index in [2.05, 4.69) is 48.9 Å². The maximum atomic E-state index is 12.7. The molecular formula is C20H33ClN4O4. The predicted octanol–water partition coefficient (Wildman–Crippen LogP) is 2.37. The van der Waals surface area contributed by atoms with Gasteiger partial charge in [0.1, 0.15) is 6.10 Å². The van der Waals surface area contributed by atoms with Crippen LogP contribution in [0.25, 0.3) is 0 Å². The van der Waals surface area contributed by atoms with Crippen LogP contribution in [0.4, 0.5) is 9.59 Å². The highest BCUT2D eigenvalue weighted by Gasteiger charge is 2.37. The number of carboxylic acid groups (broad SMARTS) is 1. The van der Waals surface area contributed by atoms with Gasteiger partial charge in [-0.05, 0) is 18.4 Å². The second-order valence-corrected chi connectivity index (χ2v) is 7.71. The lowest BCUT2D eigenvalue weighted by molar-refractivity contribution is -0.0555. The molecule has 8 nitrogen and oxygen atoms in total. The second-order valence-electron chi connectivity index (χ2n) is 7.71. The van der Waals surface area contributed by atoms with Crippen LogP contribution in [0.2, 0.25) is 0 Å². The van der Waals surface area contributed by atoms with Crippen LogP contribution in [0.1, 0.15) is 26.3 Å². The van der Waals surface area contributed by atoms with Crippen LogP contribution >= 0.6 is 12.4 Å². The number of nitrogens with two attached hydrogens (primary N) is 1. The van der Waals surface area contributed by atoms with Crippen molar-refractivity contribution in [1.82, 2.24) is 15.1 Å². The number of carbonyl (C=O) groups is 2. The summed E-state index contributed by atoms with van der Waals surface area (Å²) in [6, 6.07) is 10.9. The lowest BCUT2D eigenvalue weighted by Gasteiger charge is -2.45. The fraction of sp³-hybridized carbons (Fsp3) is 0.600. The number of nitrogens with zero attached hydrogens (tertiary/aromatic N) is 2. The van der Waals surface area contributed by atoms with Gasteiger partial charge in [0.15, 0.2) is 0 Å². The number of carbonyl (C=O) groups excluding carboxylic acids is 1. The summed E-state index contributed by atoms with van der Waals surface area (Å²) < 4.78 is 5.76. The summed E-state index contributed by atoms with van der Waals surface area (Å²) in [4.78, 5) is 25.7. The van der Waals surface area contributed by atoms with E-state index < -0.39 is 6.09 Å². The molecule has 0 saturated carbocycles. The van der Waals surface area contributed by atoms with Crippen molar-refractivity contribution in [2.45, 2.75) is 45.5 Å². The predicted molar refractivity (Wildman–Crippen MR) is 114 cm³/mol. The fourth-order valence-electron chi connectivity index (χ4n) is 3.13. The van der Waals surface area contributed by atoms with Crippen LogP contribution < -0.4 is 11.1 Å². The van der Waals surface area contributed by atoms with Crippen molar-refractivity contribution in [3.05, 3.63) is 35.9 Å². The van der Waals surface area contributed by atoms with E-state index in [9.17, 15) is 4.79 Å². The molecule has 2 amide bonds. The summed E-state index contributed by atoms with van der Waals surface area (Å²) >= 11 is 0. The molecule has 3 rings (SSSR count). The second kappa shape index (κ2) is 11.8. The van der Waals surface area contributed by atoms with Gasteiger partial charge in [-0.3, -0.25) is 9.80 Å². The highest BCUT2D eigenvalue weighted by atomic mass is 35.5. The number of rotatable bonds is 6. The van der Waals surface area contributed by atoms with E-state index in [4.69, 9.17) is 14.6 Å². The van der Waals surface area contributed by atoms with Crippen LogP contribution in [0.15, 0.2) is 30.3 Å². The maximum absolute atomic E-state index is 12.7. The van der Waals surface area contributed by atoms with Gasteiger partial charge in [-0.1, -0.05) is 44.2 Å². The zero-order valence-corrected chi connectivity index (χ0v) is 18.1. The van der Waals surface area contributed by atoms with Crippen molar-refractivity contribution in [3.8, 4) is 0 Å². The topological polar surface area (TPSA) is 108 Å². The monoisotopic (exact) mass is 428 g/mol. The van der Waals surface area contributed by atoms with E-state index in [1.807, 2.05) is 23.1 Å². The first-order chi connectivity index (χ1) is 13.3. The van der Waals surface area contributed by atoms with Gasteiger partial charge in [0.2, 0.25) is 0 Å². The summed E-state index contributed by atoms with van der Waals surface area (Å²) in [5.74, 6) is 0.622. The molecule has 1 unspecified atom stereocenters. The van der Waals surface area contributed by atoms with Crippen molar-refractivity contribution in [2.24, 2.45) is 11.7 Å². The molecule has 0 aromatic heterocycles. The highest BCUT2D eigenvalue weighted by molar-refractivity contribution is 5.85. The summed E-state index contributed by atoms with van der Waals surface area (Å²) in [7, 11) is 0. The Labute approximate surface area is 178 Å². The Kier molecular flexibility index (Phi) is 10.2. The van der Waals surface area contributed by atoms with E-state index in [1.165, 1.54) is 0 Å². The van der Waals surface area contributed by atoms with Gasteiger partial charge >= 0.3 is 12.2 Å². The number of ether oxygens (including phenoxy) is 1. The standard InChI is InChI=1S/C19H29N3O2.CH3NO2.ClH/c1-14(2)15(3)21-12-18(13-21)24-19(23)22(17-9-20-10-17)11-16-7-5-4-6-8-16;2-1(3)4;/h4-8,14-15,17-18,20H,9-13H2,1-3H3;2H2,(H,3,4);1H. The minimum Gasteiger partial charge on any atom is -0.465 e. The van der Waals surface area contributed by atoms with Crippen molar-refractivity contribution < 1.29 is 19.4 Å². The smallest absolute Gasteiger partial charge is 0.410 e. The van der Waals surface area contributed by atoms with Gasteiger partial charge in [-0.25, -0.2) is 9.59 Å². The molecule has 2 saturated heterocycles. The molecule has 29 heavy (non-hydrogen) atoms. The SMILES string of the molecule is CC(C)C(C)N1CC(OC(=O)N(Cc2ccccc2)C2CNC2)C1.Cl.NC(=O)O. The average Bonchev–Trinajstić information content (AvgIpc) is 2.55. The third-order valence-corrected chi connectivity index (χ3v) is 5.32. The van der Waals surface area contributed by atoms with Crippen molar-refractivity contribution in [2.75, 3.05) is 26.2 Å². The molecule has 0 spiro atoms. The van der Waals surface area contributed by atoms with Gasteiger partial charge in [-0.15, -0.1) is 12.4 Å². The molecule has 1 aromatic rings. The zero-order valence-electron chi connectivity index (χ0n) is 17.3. The molecule has 2 heterocycles. The number of nitrogens with one attached hydrogen (secondary N) is 1. The minimum atomic E-state index is -1.33. The van der Waals surface area contributed by atoms with Crippen LogP contribution in [-0.4, -0.2) is 71.5 Å². The van der Waals surface area contributed by atoms with Gasteiger partial charge in [-0.2, -0.15) is 0 Å². The molecule has 2 aliphatic rings. The number of likely N-dealkylation sites (tertiary alicyclic amines) is 1. The lowest BCUT2D eigenvalue weighted by Crippen LogP contribution is -2.61. The molecule has 1 atom stereocenters. The quantitative estimate of drug-likeness (QED) is 0.641. The fourth-order valence-corrected chi connectivity index (χ4v) is 3.13. The third kappa shape index (κ3) is 7.72. The Balaban J connectivity index is 0.000000771. The number of benzene rings is 1. The van der Waals surface area contributed by atoms with Gasteiger partial charge < -0.3 is 20.9 Å². The number of halogens is 1. The normalized spacial score (nSPS) is 17.7. The molecule has 9 heteroatoms. The molecule has 164 valence electrons. The largest absolute Gasteiger partial charge is 0.465 e. The minimum absolute atomic E-state index is 0. The number of hydrogen-bond acceptors (Lipinski definition) is 5. The van der Waals surface area contributed by atoms with Crippen LogP contribution in [0, 0.1) is 5.92 Å². The Morgan fingerprint density at radius 3 is 2.24 bits per heavy atom. The van der Waals surface area contributed by atoms with Crippen LogP contribution in [0.5, 0.6) is 0 Å². The first kappa shape index (κ1) is 25.0. The van der Waals surface area contributed by atoms with E-state index in [0.717, 1.165) is 31.7 Å². The van der Waals surface area contributed by atoms with Gasteiger partial charge in [0, 0.05) is 38.8 Å². The first-order valence-corrected chi connectivity index (χ1v) is 9.72. The van der Waals surface area contributed by atoms with Gasteiger partial charge in [0.05, 0.1) is 6.04 Å². The number of primary amides is 1. The molecule has 0 aliphatic carbocycles. The van der Waals surface area contributed by atoms with Crippen molar-refractivity contribution in [3.63, 3.8) is 0 Å². The van der Waals surface area contributed by atoms with Crippen LogP contribution in [0.3, 0.4) is 0 Å². The molecule has 0 bridgehead atoms. The van der Waals surface area contributed by atoms with Crippen molar-refractivity contribution >= 4 is 24.6 Å². The van der Waals surface area contributed by atoms with E-state index >= 15 is 0 Å². The van der Waals surface area contributed by atoms with Gasteiger partial charge in [0.25, 0.3) is 0 Å². The maximum Gasteiger partial charge on any atom is 0.410 e. The molecule has 2 aliphatic heterocycles. The molecular weight excluding hydrogens is 396 g/mol. The van der Waals surface area contributed by atoms with E-state index in [0.29, 0.717) is 18.5 Å². The highest BCUT2D eigenvalue weighted by Crippen LogP contribution is 2.22. The van der Waals surface area contributed by atoms with Crippen molar-refractivity contribution in [1.29, 1.82) is 0 Å². The molecule has 4 N–H and O–H groups in total. The Morgan fingerprint density at radius 1 is 1.24 bits per heavy atom. The zero-order chi connectivity index (χ0) is 20.7. The Bertz CT molecular complexity index is 633. The van der Waals surface area contributed by atoms with Crippen LogP contribution in [-0.2, 0) is 11.3 Å². The third-order valence-electron chi connectivity index (χ3n) is 5.32. The summed E-state index contributed by atoms with van der Waals surface area (Å²) in [5.41, 5.74) is 5.17. The summed E-state index contributed by atoms with van der Waals surface area (Å²) in [5, 5.41) is 10.4. The Hall–Kier alpha value is -2.03. The summed E-state index contributed by atoms with van der Waals surface area (Å²) in [6.07, 6.45) is -1.47. The average molecular weight is 429 g/mol. The first-order valence-electron chi connectivity index (χ1n) is 9.72. The number of hydrogen-bond donors (Lipinski definition) is 3. The molecule has 2 fully saturated rings.